The molecule has 0 aliphatic heterocycles. The summed E-state index contributed by atoms with van der Waals surface area (Å²) in [6.07, 6.45) is 3.11. The molecule has 0 aliphatic carbocycles. The Hall–Kier alpha value is -2.32. The molecule has 0 bridgehead atoms. The molecule has 0 saturated carbocycles. The van der Waals surface area contributed by atoms with Gasteiger partial charge in [0.15, 0.2) is 0 Å². The lowest BCUT2D eigenvalue weighted by atomic mass is 9.93. The smallest absolute Gasteiger partial charge is 0.0528 e. The summed E-state index contributed by atoms with van der Waals surface area (Å²) in [6.45, 7) is 7.92. The van der Waals surface area contributed by atoms with Crippen molar-refractivity contribution in [2.45, 2.75) is 0 Å². The predicted molar refractivity (Wildman–Crippen MR) is 91.6 cm³/mol. The van der Waals surface area contributed by atoms with Crippen LogP contribution in [0.15, 0.2) is 61.7 Å². The topological polar surface area (TPSA) is 23.9 Å². The van der Waals surface area contributed by atoms with Crippen LogP contribution in [0.2, 0.25) is 0 Å². The Balaban J connectivity index is 2.46. The molecule has 0 heterocycles. The minimum Gasteiger partial charge on any atom is -0.308 e. The molecule has 1 nitrogen and oxygen atoms in total. The van der Waals surface area contributed by atoms with Gasteiger partial charge < -0.3 is 5.41 Å². The standard InChI is InChI=1S/C18H15NS/c1-3-14-8-4-7-11-17(14)18(20)13(2)16-10-6-5-9-15(16)12-19/h3-12,19H,1-2H2. The summed E-state index contributed by atoms with van der Waals surface area (Å²) in [5.41, 5.74) is 4.41. The van der Waals surface area contributed by atoms with Gasteiger partial charge in [-0.25, -0.2) is 0 Å². The Bertz CT molecular complexity index is 637. The van der Waals surface area contributed by atoms with E-state index in [4.69, 9.17) is 17.6 Å². The van der Waals surface area contributed by atoms with Gasteiger partial charge >= 0.3 is 0 Å². The van der Waals surface area contributed by atoms with E-state index in [1.807, 2.05) is 48.5 Å². The van der Waals surface area contributed by atoms with E-state index in [1.54, 1.807) is 6.08 Å². The molecular weight excluding hydrogens is 262 g/mol. The molecule has 98 valence electrons. The summed E-state index contributed by atoms with van der Waals surface area (Å²) >= 11 is 5.56. The Labute approximate surface area is 124 Å². The minimum atomic E-state index is 0.690. The number of hydrogen-bond acceptors (Lipinski definition) is 2. The van der Waals surface area contributed by atoms with Crippen molar-refractivity contribution in [2.24, 2.45) is 0 Å². The molecule has 20 heavy (non-hydrogen) atoms. The second-order valence-electron chi connectivity index (χ2n) is 4.33. The Morgan fingerprint density at radius 2 is 1.50 bits per heavy atom. The summed E-state index contributed by atoms with van der Waals surface area (Å²) in [6, 6.07) is 15.5. The summed E-state index contributed by atoms with van der Waals surface area (Å²) < 4.78 is 0. The van der Waals surface area contributed by atoms with Crippen molar-refractivity contribution in [3.63, 3.8) is 0 Å². The first-order valence-corrected chi connectivity index (χ1v) is 6.64. The molecular formula is C18H15NS. The van der Waals surface area contributed by atoms with Crippen LogP contribution in [0.5, 0.6) is 0 Å². The second-order valence-corrected chi connectivity index (χ2v) is 4.74. The molecule has 0 unspecified atom stereocenters. The number of hydrogen-bond donors (Lipinski definition) is 1. The first-order valence-electron chi connectivity index (χ1n) is 6.24. The molecule has 0 fully saturated rings. The van der Waals surface area contributed by atoms with Gasteiger partial charge in [0, 0.05) is 11.8 Å². The van der Waals surface area contributed by atoms with Crippen LogP contribution < -0.4 is 0 Å². The van der Waals surface area contributed by atoms with Crippen LogP contribution in [0.4, 0.5) is 0 Å². The van der Waals surface area contributed by atoms with Crippen LogP contribution >= 0.6 is 12.2 Å². The lowest BCUT2D eigenvalue weighted by Gasteiger charge is -2.12. The van der Waals surface area contributed by atoms with Crippen molar-refractivity contribution in [3.8, 4) is 0 Å². The van der Waals surface area contributed by atoms with Crippen molar-refractivity contribution in [1.29, 1.82) is 5.41 Å². The molecule has 1 N–H and O–H groups in total. The van der Waals surface area contributed by atoms with Crippen molar-refractivity contribution < 1.29 is 0 Å². The van der Waals surface area contributed by atoms with Gasteiger partial charge in [0.05, 0.1) is 4.86 Å². The van der Waals surface area contributed by atoms with Crippen LogP contribution in [0.25, 0.3) is 11.6 Å². The average Bonchev–Trinajstić information content (AvgIpc) is 2.53. The van der Waals surface area contributed by atoms with Gasteiger partial charge in [0.1, 0.15) is 0 Å². The summed E-state index contributed by atoms with van der Waals surface area (Å²) in [5.74, 6) is 0. The van der Waals surface area contributed by atoms with Gasteiger partial charge in [0.25, 0.3) is 0 Å². The molecule has 2 heteroatoms. The zero-order valence-electron chi connectivity index (χ0n) is 11.1. The highest BCUT2D eigenvalue weighted by atomic mass is 32.1. The van der Waals surface area contributed by atoms with Crippen molar-refractivity contribution in [2.75, 3.05) is 0 Å². The minimum absolute atomic E-state index is 0.690. The quantitative estimate of drug-likeness (QED) is 0.362. The van der Waals surface area contributed by atoms with E-state index >= 15 is 0 Å². The molecule has 0 aromatic heterocycles. The Kier molecular flexibility index (Phi) is 4.38. The molecule has 0 radical (unpaired) electrons. The predicted octanol–water partition coefficient (Wildman–Crippen LogP) is 4.76. The number of thiocarbonyl (C=S) groups is 1. The van der Waals surface area contributed by atoms with Crippen LogP contribution in [-0.4, -0.2) is 11.1 Å². The number of nitrogens with one attached hydrogen (secondary N) is 1. The lowest BCUT2D eigenvalue weighted by Crippen LogP contribution is -2.04. The van der Waals surface area contributed by atoms with Crippen molar-refractivity contribution in [1.82, 2.24) is 0 Å². The van der Waals surface area contributed by atoms with Gasteiger partial charge in [-0.3, -0.25) is 0 Å². The van der Waals surface area contributed by atoms with Crippen molar-refractivity contribution in [3.05, 3.63) is 83.9 Å². The molecule has 0 atom stereocenters. The summed E-state index contributed by atoms with van der Waals surface area (Å²) in [4.78, 5) is 0.690. The third kappa shape index (κ3) is 2.65. The Morgan fingerprint density at radius 3 is 2.10 bits per heavy atom. The first-order chi connectivity index (χ1) is 9.69. The monoisotopic (exact) mass is 277 g/mol. The van der Waals surface area contributed by atoms with Gasteiger partial charge in [-0.2, -0.15) is 0 Å². The van der Waals surface area contributed by atoms with E-state index in [-0.39, 0.29) is 0 Å². The van der Waals surface area contributed by atoms with Crippen LogP contribution in [0, 0.1) is 5.41 Å². The van der Waals surface area contributed by atoms with Gasteiger partial charge in [-0.1, -0.05) is 80.0 Å². The van der Waals surface area contributed by atoms with E-state index in [9.17, 15) is 0 Å². The van der Waals surface area contributed by atoms with E-state index in [2.05, 4.69) is 13.2 Å². The van der Waals surface area contributed by atoms with Gasteiger partial charge in [-0.15, -0.1) is 0 Å². The fourth-order valence-electron chi connectivity index (χ4n) is 2.06. The maximum Gasteiger partial charge on any atom is 0.0528 e. The van der Waals surface area contributed by atoms with E-state index in [0.717, 1.165) is 27.8 Å². The molecule has 2 aromatic rings. The number of benzene rings is 2. The molecule has 2 aromatic carbocycles. The molecule has 2 rings (SSSR count). The normalized spacial score (nSPS) is 9.80. The SMILES string of the molecule is C=Cc1ccccc1C(=S)C(=C)c1ccccc1C=N. The van der Waals surface area contributed by atoms with E-state index in [0.29, 0.717) is 4.86 Å². The van der Waals surface area contributed by atoms with Crippen LogP contribution in [0.3, 0.4) is 0 Å². The molecule has 0 aliphatic rings. The van der Waals surface area contributed by atoms with Gasteiger partial charge in [0.2, 0.25) is 0 Å². The highest BCUT2D eigenvalue weighted by Gasteiger charge is 2.12. The zero-order chi connectivity index (χ0) is 14.5. The highest BCUT2D eigenvalue weighted by Crippen LogP contribution is 2.24. The van der Waals surface area contributed by atoms with Crippen LogP contribution in [-0.2, 0) is 0 Å². The summed E-state index contributed by atoms with van der Waals surface area (Å²) in [5, 5.41) is 7.48. The fourth-order valence-corrected chi connectivity index (χ4v) is 2.36. The third-order valence-corrected chi connectivity index (χ3v) is 3.61. The molecule has 0 amide bonds. The Morgan fingerprint density at radius 1 is 0.950 bits per heavy atom. The number of rotatable bonds is 5. The summed E-state index contributed by atoms with van der Waals surface area (Å²) in [7, 11) is 0. The molecule has 0 saturated heterocycles. The highest BCUT2D eigenvalue weighted by molar-refractivity contribution is 7.82. The van der Waals surface area contributed by atoms with Crippen LogP contribution in [0.1, 0.15) is 22.3 Å². The van der Waals surface area contributed by atoms with E-state index < -0.39 is 0 Å². The number of allylic oxidation sites excluding steroid dienone is 1. The van der Waals surface area contributed by atoms with Gasteiger partial charge in [-0.05, 0) is 22.3 Å². The largest absolute Gasteiger partial charge is 0.308 e. The average molecular weight is 277 g/mol. The lowest BCUT2D eigenvalue weighted by molar-refractivity contribution is 1.52. The zero-order valence-corrected chi connectivity index (χ0v) is 11.9. The fraction of sp³-hybridized carbons (Fsp3) is 0. The maximum atomic E-state index is 7.48. The maximum absolute atomic E-state index is 7.48. The second kappa shape index (κ2) is 6.22. The van der Waals surface area contributed by atoms with E-state index in [1.165, 1.54) is 6.21 Å². The first kappa shape index (κ1) is 14.1. The van der Waals surface area contributed by atoms with Crippen molar-refractivity contribution >= 4 is 34.9 Å². The third-order valence-electron chi connectivity index (χ3n) is 3.14. The molecule has 0 spiro atoms.